The Labute approximate surface area is 183 Å². The van der Waals surface area contributed by atoms with Crippen LogP contribution in [-0.4, -0.2) is 36.0 Å². The zero-order valence-corrected chi connectivity index (χ0v) is 18.3. The first-order valence-electron chi connectivity index (χ1n) is 10.5. The molecule has 1 unspecified atom stereocenters. The number of Topliss-reactive ketones (excluding diaryl/α,β-unsaturated/α-hetero) is 1. The smallest absolute Gasteiger partial charge is 0.251 e. The molecule has 1 fully saturated rings. The number of ether oxygens (including phenoxy) is 1. The van der Waals surface area contributed by atoms with Crippen LogP contribution in [0.15, 0.2) is 60.7 Å². The maximum absolute atomic E-state index is 13.2. The summed E-state index contributed by atoms with van der Waals surface area (Å²) in [4.78, 5) is 37.6. The first kappa shape index (κ1) is 22.7. The lowest BCUT2D eigenvalue weighted by Gasteiger charge is -2.32. The largest absolute Gasteiger partial charge is 0.348 e. The second-order valence-corrected chi connectivity index (χ2v) is 9.15. The van der Waals surface area contributed by atoms with Crippen molar-refractivity contribution in [1.29, 1.82) is 0 Å². The Morgan fingerprint density at radius 3 is 2.26 bits per heavy atom. The first-order chi connectivity index (χ1) is 14.7. The minimum atomic E-state index is -1.05. The Kier molecular flexibility index (Phi) is 6.91. The van der Waals surface area contributed by atoms with Gasteiger partial charge in [-0.2, -0.15) is 0 Å². The lowest BCUT2D eigenvalue weighted by molar-refractivity contribution is -0.131. The van der Waals surface area contributed by atoms with Gasteiger partial charge in [0.1, 0.15) is 18.4 Å². The molecule has 2 N–H and O–H groups in total. The molecule has 0 aliphatic carbocycles. The second-order valence-electron chi connectivity index (χ2n) is 9.15. The van der Waals surface area contributed by atoms with Crippen molar-refractivity contribution in [3.05, 3.63) is 71.8 Å². The van der Waals surface area contributed by atoms with Crippen molar-refractivity contribution in [2.75, 3.05) is 6.61 Å². The Bertz CT molecular complexity index is 927. The zero-order valence-electron chi connectivity index (χ0n) is 18.3. The van der Waals surface area contributed by atoms with Crippen LogP contribution in [-0.2, 0) is 20.7 Å². The maximum Gasteiger partial charge on any atom is 0.251 e. The van der Waals surface area contributed by atoms with E-state index in [1.165, 1.54) is 0 Å². The van der Waals surface area contributed by atoms with Crippen LogP contribution in [0.25, 0.3) is 0 Å². The molecule has 2 aromatic carbocycles. The number of rotatable bonds is 8. The summed E-state index contributed by atoms with van der Waals surface area (Å²) in [6, 6.07) is 18.1. The molecule has 2 amide bonds. The molecule has 2 atom stereocenters. The molecule has 0 aromatic heterocycles. The zero-order chi connectivity index (χ0) is 22.5. The highest BCUT2D eigenvalue weighted by Gasteiger charge is 2.39. The third-order valence-electron chi connectivity index (χ3n) is 5.41. The van der Waals surface area contributed by atoms with E-state index < -0.39 is 11.8 Å². The Hall–Kier alpha value is -2.99. The fraction of sp³-hybridized carbons (Fsp3) is 0.400. The van der Waals surface area contributed by atoms with Crippen LogP contribution in [0.5, 0.6) is 0 Å². The van der Waals surface area contributed by atoms with Crippen molar-refractivity contribution in [3.63, 3.8) is 0 Å². The number of nitrogens with one attached hydrogen (secondary N) is 2. The Balaban J connectivity index is 1.76. The minimum absolute atomic E-state index is 0.0165. The van der Waals surface area contributed by atoms with Gasteiger partial charge in [-0.3, -0.25) is 14.4 Å². The number of benzene rings is 2. The summed E-state index contributed by atoms with van der Waals surface area (Å²) in [5.41, 5.74) is 0.339. The minimum Gasteiger partial charge on any atom is -0.348 e. The third-order valence-corrected chi connectivity index (χ3v) is 5.41. The van der Waals surface area contributed by atoms with E-state index in [1.807, 2.05) is 24.3 Å². The molecule has 1 aliphatic rings. The van der Waals surface area contributed by atoms with Crippen molar-refractivity contribution < 1.29 is 19.1 Å². The summed E-state index contributed by atoms with van der Waals surface area (Å²) >= 11 is 0. The lowest BCUT2D eigenvalue weighted by atomic mass is 9.79. The standard InChI is InChI=1S/C25H30N2O4/c1-24(2,14-18-10-6-4-7-11-18)16-21(26-22(29)19-12-8-5-9-13-19)23(30)27-25(3)15-20(28)17-31-25/h4-13,21H,14-17H2,1-3H3,(H,26,29)(H,27,30)/t21?,25-/m0/s1. The van der Waals surface area contributed by atoms with E-state index in [9.17, 15) is 14.4 Å². The highest BCUT2D eigenvalue weighted by atomic mass is 16.5. The van der Waals surface area contributed by atoms with Gasteiger partial charge < -0.3 is 15.4 Å². The molecule has 2 aromatic rings. The van der Waals surface area contributed by atoms with Crippen LogP contribution in [0.4, 0.5) is 0 Å². The predicted molar refractivity (Wildman–Crippen MR) is 118 cm³/mol. The molecule has 6 heteroatoms. The van der Waals surface area contributed by atoms with E-state index in [0.29, 0.717) is 12.0 Å². The normalized spacial score (nSPS) is 19.6. The molecule has 0 radical (unpaired) electrons. The van der Waals surface area contributed by atoms with Crippen LogP contribution >= 0.6 is 0 Å². The maximum atomic E-state index is 13.2. The van der Waals surface area contributed by atoms with Crippen molar-refractivity contribution in [2.24, 2.45) is 5.41 Å². The van der Waals surface area contributed by atoms with Gasteiger partial charge in [-0.25, -0.2) is 0 Å². The fourth-order valence-electron chi connectivity index (χ4n) is 3.96. The van der Waals surface area contributed by atoms with E-state index >= 15 is 0 Å². The fourth-order valence-corrected chi connectivity index (χ4v) is 3.96. The topological polar surface area (TPSA) is 84.5 Å². The van der Waals surface area contributed by atoms with Gasteiger partial charge in [-0.05, 0) is 42.9 Å². The Morgan fingerprint density at radius 2 is 1.68 bits per heavy atom. The average molecular weight is 423 g/mol. The van der Waals surface area contributed by atoms with Crippen LogP contribution in [0, 0.1) is 5.41 Å². The van der Waals surface area contributed by atoms with Gasteiger partial charge in [-0.15, -0.1) is 0 Å². The summed E-state index contributed by atoms with van der Waals surface area (Å²) in [5.74, 6) is -0.732. The van der Waals surface area contributed by atoms with Crippen LogP contribution in [0.2, 0.25) is 0 Å². The number of ketones is 1. The molecule has 31 heavy (non-hydrogen) atoms. The van der Waals surface area contributed by atoms with E-state index in [0.717, 1.165) is 12.0 Å². The number of hydrogen-bond acceptors (Lipinski definition) is 4. The highest BCUT2D eigenvalue weighted by Crippen LogP contribution is 2.28. The summed E-state index contributed by atoms with van der Waals surface area (Å²) < 4.78 is 5.49. The SMILES string of the molecule is CC(C)(Cc1ccccc1)CC(NC(=O)c1ccccc1)C(=O)N[C@]1(C)CC(=O)CO1. The molecule has 0 saturated carbocycles. The van der Waals surface area contributed by atoms with Gasteiger partial charge in [0.05, 0.1) is 6.42 Å². The summed E-state index contributed by atoms with van der Waals surface area (Å²) in [5, 5.41) is 5.72. The monoisotopic (exact) mass is 422 g/mol. The van der Waals surface area contributed by atoms with E-state index in [2.05, 4.69) is 36.6 Å². The van der Waals surface area contributed by atoms with Gasteiger partial charge in [-0.1, -0.05) is 62.4 Å². The van der Waals surface area contributed by atoms with E-state index in [4.69, 9.17) is 4.74 Å². The van der Waals surface area contributed by atoms with Crippen molar-refractivity contribution in [3.8, 4) is 0 Å². The summed E-state index contributed by atoms with van der Waals surface area (Å²) in [6.07, 6.45) is 1.30. The molecule has 0 spiro atoms. The predicted octanol–water partition coefficient (Wildman–Crippen LogP) is 3.27. The lowest BCUT2D eigenvalue weighted by Crippen LogP contribution is -2.55. The number of carbonyl (C=O) groups is 3. The number of amides is 2. The third kappa shape index (κ3) is 6.49. The first-order valence-corrected chi connectivity index (χ1v) is 10.5. The summed E-state index contributed by atoms with van der Waals surface area (Å²) in [7, 11) is 0. The molecule has 0 bridgehead atoms. The number of hydrogen-bond donors (Lipinski definition) is 2. The van der Waals surface area contributed by atoms with Gasteiger partial charge >= 0.3 is 0 Å². The molecule has 3 rings (SSSR count). The van der Waals surface area contributed by atoms with Gasteiger partial charge in [0.15, 0.2) is 5.78 Å². The van der Waals surface area contributed by atoms with Gasteiger partial charge in [0, 0.05) is 5.56 Å². The van der Waals surface area contributed by atoms with E-state index in [1.54, 1.807) is 31.2 Å². The van der Waals surface area contributed by atoms with Crippen LogP contribution < -0.4 is 10.6 Å². The molecular formula is C25H30N2O4. The molecule has 1 aliphatic heterocycles. The molecule has 1 saturated heterocycles. The van der Waals surface area contributed by atoms with Crippen molar-refractivity contribution >= 4 is 17.6 Å². The quantitative estimate of drug-likeness (QED) is 0.684. The molecular weight excluding hydrogens is 392 g/mol. The molecule has 6 nitrogen and oxygen atoms in total. The Morgan fingerprint density at radius 1 is 1.06 bits per heavy atom. The summed E-state index contributed by atoms with van der Waals surface area (Å²) in [6.45, 7) is 5.82. The number of carbonyl (C=O) groups excluding carboxylic acids is 3. The highest BCUT2D eigenvalue weighted by molar-refractivity contribution is 5.97. The van der Waals surface area contributed by atoms with Gasteiger partial charge in [0.25, 0.3) is 5.91 Å². The van der Waals surface area contributed by atoms with Crippen LogP contribution in [0.1, 0.15) is 49.5 Å². The van der Waals surface area contributed by atoms with Crippen molar-refractivity contribution in [2.45, 2.75) is 51.8 Å². The van der Waals surface area contributed by atoms with Crippen molar-refractivity contribution in [1.82, 2.24) is 10.6 Å². The molecule has 1 heterocycles. The molecule has 164 valence electrons. The second kappa shape index (κ2) is 9.43. The van der Waals surface area contributed by atoms with Gasteiger partial charge in [0.2, 0.25) is 5.91 Å². The van der Waals surface area contributed by atoms with Crippen LogP contribution in [0.3, 0.4) is 0 Å². The average Bonchev–Trinajstić information content (AvgIpc) is 3.06. The van der Waals surface area contributed by atoms with E-state index in [-0.39, 0.29) is 36.0 Å².